The van der Waals surface area contributed by atoms with Crippen LogP contribution < -0.4 is 10.6 Å². The lowest BCUT2D eigenvalue weighted by Crippen LogP contribution is -2.37. The van der Waals surface area contributed by atoms with Crippen molar-refractivity contribution in [3.63, 3.8) is 0 Å². The lowest BCUT2D eigenvalue weighted by molar-refractivity contribution is 0.0219. The van der Waals surface area contributed by atoms with E-state index in [-0.39, 0.29) is 5.56 Å². The number of sulfonamides is 1. The molecule has 0 radical (unpaired) electrons. The molecule has 1 fully saturated rings. The second kappa shape index (κ2) is 10.2. The lowest BCUT2D eigenvalue weighted by atomic mass is 10.1. The molecule has 1 aliphatic rings. The summed E-state index contributed by atoms with van der Waals surface area (Å²) in [6.07, 6.45) is 0.151. The summed E-state index contributed by atoms with van der Waals surface area (Å²) >= 11 is 0. The molecule has 1 heterocycles. The van der Waals surface area contributed by atoms with Gasteiger partial charge in [-0.25, -0.2) is 13.4 Å². The molecular weight excluding hydrogens is 440 g/mol. The van der Waals surface area contributed by atoms with E-state index in [9.17, 15) is 13.2 Å². The highest BCUT2D eigenvalue weighted by Crippen LogP contribution is 2.39. The van der Waals surface area contributed by atoms with Crippen molar-refractivity contribution in [3.05, 3.63) is 59.3 Å². The number of amides is 1. The van der Waals surface area contributed by atoms with Gasteiger partial charge < -0.3 is 15.4 Å². The topological polar surface area (TPSA) is 106 Å². The Kier molecular flexibility index (Phi) is 7.76. The number of aromatic nitrogens is 1. The number of hydrogen-bond acceptors (Lipinski definition) is 6. The maximum Gasteiger partial charge on any atom is 0.248 e. The van der Waals surface area contributed by atoms with Gasteiger partial charge in [0.05, 0.1) is 10.9 Å². The van der Waals surface area contributed by atoms with Crippen molar-refractivity contribution in [2.45, 2.75) is 45.2 Å². The predicted molar refractivity (Wildman–Crippen MR) is 129 cm³/mol. The van der Waals surface area contributed by atoms with Crippen LogP contribution in [0.25, 0.3) is 0 Å². The molecule has 2 N–H and O–H groups in total. The molecule has 0 aliphatic heterocycles. The van der Waals surface area contributed by atoms with Gasteiger partial charge in [-0.3, -0.25) is 4.79 Å². The molecule has 3 unspecified atom stereocenters. The maximum atomic E-state index is 12.8. The van der Waals surface area contributed by atoms with Crippen molar-refractivity contribution >= 4 is 21.7 Å². The number of hydrogen-bond donors (Lipinski definition) is 1. The van der Waals surface area contributed by atoms with Gasteiger partial charge in [0.15, 0.2) is 6.23 Å². The summed E-state index contributed by atoms with van der Waals surface area (Å²) in [5.41, 5.74) is 7.32. The van der Waals surface area contributed by atoms with Gasteiger partial charge in [0.2, 0.25) is 15.9 Å². The number of ether oxygens (including phenoxy) is 1. The van der Waals surface area contributed by atoms with Crippen molar-refractivity contribution in [3.8, 4) is 0 Å². The number of carbonyl (C=O) groups is 1. The molecule has 3 rings (SSSR count). The highest BCUT2D eigenvalue weighted by molar-refractivity contribution is 7.89. The van der Waals surface area contributed by atoms with E-state index in [1.807, 2.05) is 30.3 Å². The van der Waals surface area contributed by atoms with E-state index in [4.69, 9.17) is 15.5 Å². The Morgan fingerprint density at radius 1 is 1.24 bits per heavy atom. The van der Waals surface area contributed by atoms with E-state index in [0.717, 1.165) is 22.8 Å². The Bertz CT molecular complexity index is 1080. The number of nitrogens with zero attached hydrogens (tertiary/aromatic N) is 3. The zero-order valence-electron chi connectivity index (χ0n) is 19.9. The average molecular weight is 475 g/mol. The Balaban J connectivity index is 2.04. The summed E-state index contributed by atoms with van der Waals surface area (Å²) < 4.78 is 32.3. The first-order chi connectivity index (χ1) is 15.5. The first-order valence-electron chi connectivity index (χ1n) is 11.1. The van der Waals surface area contributed by atoms with Crippen LogP contribution in [0.1, 0.15) is 55.0 Å². The third kappa shape index (κ3) is 5.90. The molecule has 9 heteroatoms. The largest absolute Gasteiger partial charge is 0.366 e. The number of nitrogens with two attached hydrogens (primary N) is 1. The summed E-state index contributed by atoms with van der Waals surface area (Å²) in [5, 5.41) is -0.634. The predicted octanol–water partition coefficient (Wildman–Crippen LogP) is 3.16. The molecule has 0 spiro atoms. The first-order valence-corrected chi connectivity index (χ1v) is 12.6. The molecule has 33 heavy (non-hydrogen) atoms. The van der Waals surface area contributed by atoms with Gasteiger partial charge in [-0.15, -0.1) is 0 Å². The van der Waals surface area contributed by atoms with E-state index in [1.54, 1.807) is 19.9 Å². The minimum absolute atomic E-state index is 0.259. The monoisotopic (exact) mass is 474 g/mol. The zero-order valence-corrected chi connectivity index (χ0v) is 20.7. The fraction of sp³-hybridized carbons (Fsp3) is 0.500. The molecular formula is C24H34N4O4S. The standard InChI is InChI=1S/C24H34N4O4S/c1-16(2)33(30,31)27(4)24(32-5)21-12-19(23(25)29)13-22(26-21)28(15-20-11-17(20)3)14-18-9-7-6-8-10-18/h6-10,12-13,16-17,20,24H,11,14-15H2,1-5H3,(H2,25,29). The van der Waals surface area contributed by atoms with Gasteiger partial charge in [0.1, 0.15) is 5.82 Å². The molecule has 1 saturated carbocycles. The van der Waals surface area contributed by atoms with Crippen molar-refractivity contribution in [2.75, 3.05) is 25.6 Å². The van der Waals surface area contributed by atoms with E-state index >= 15 is 0 Å². The zero-order chi connectivity index (χ0) is 24.3. The number of carbonyl (C=O) groups excluding carboxylic acids is 1. The van der Waals surface area contributed by atoms with E-state index in [0.29, 0.717) is 29.9 Å². The molecule has 8 nitrogen and oxygen atoms in total. The summed E-state index contributed by atoms with van der Waals surface area (Å²) in [6, 6.07) is 13.2. The van der Waals surface area contributed by atoms with Crippen LogP contribution in [0.2, 0.25) is 0 Å². The van der Waals surface area contributed by atoms with E-state index in [1.165, 1.54) is 20.2 Å². The Labute approximate surface area is 196 Å². The third-order valence-corrected chi connectivity index (χ3v) is 8.38. The van der Waals surface area contributed by atoms with Crippen molar-refractivity contribution < 1.29 is 17.9 Å². The van der Waals surface area contributed by atoms with Crippen LogP contribution in [0.3, 0.4) is 0 Å². The fourth-order valence-electron chi connectivity index (χ4n) is 3.87. The molecule has 1 amide bonds. The number of pyridine rings is 1. The van der Waals surface area contributed by atoms with Crippen LogP contribution in [0.15, 0.2) is 42.5 Å². The second-order valence-electron chi connectivity index (χ2n) is 9.04. The van der Waals surface area contributed by atoms with E-state index < -0.39 is 27.4 Å². The summed E-state index contributed by atoms with van der Waals surface area (Å²) in [7, 11) is -0.755. The number of primary amides is 1. The highest BCUT2D eigenvalue weighted by Gasteiger charge is 2.35. The minimum Gasteiger partial charge on any atom is -0.366 e. The van der Waals surface area contributed by atoms with Gasteiger partial charge in [0, 0.05) is 32.8 Å². The number of rotatable bonds is 11. The second-order valence-corrected chi connectivity index (χ2v) is 11.6. The fourth-order valence-corrected chi connectivity index (χ4v) is 4.99. The number of methoxy groups -OCH3 is 1. The van der Waals surface area contributed by atoms with Crippen molar-refractivity contribution in [2.24, 2.45) is 17.6 Å². The summed E-state index contributed by atoms with van der Waals surface area (Å²) in [6.45, 7) is 6.82. The van der Waals surface area contributed by atoms with Gasteiger partial charge in [-0.1, -0.05) is 37.3 Å². The molecule has 1 aromatic heterocycles. The average Bonchev–Trinajstić information content (AvgIpc) is 3.48. The van der Waals surface area contributed by atoms with Crippen molar-refractivity contribution in [1.82, 2.24) is 9.29 Å². The van der Waals surface area contributed by atoms with Gasteiger partial charge in [-0.2, -0.15) is 4.31 Å². The molecule has 3 atom stereocenters. The van der Waals surface area contributed by atoms with Crippen molar-refractivity contribution in [1.29, 1.82) is 0 Å². The van der Waals surface area contributed by atoms with Crippen LogP contribution in [-0.2, 0) is 21.3 Å². The Hall–Kier alpha value is -2.49. The van der Waals surface area contributed by atoms with Gasteiger partial charge in [0.25, 0.3) is 0 Å². The highest BCUT2D eigenvalue weighted by atomic mass is 32.2. The SMILES string of the molecule is COC(c1cc(C(N)=O)cc(N(Cc2ccccc2)CC2CC2C)n1)N(C)S(=O)(=O)C(C)C. The third-order valence-electron chi connectivity index (χ3n) is 6.19. The maximum absolute atomic E-state index is 12.8. The first kappa shape index (κ1) is 25.1. The molecule has 180 valence electrons. The molecule has 1 aliphatic carbocycles. The molecule has 0 saturated heterocycles. The molecule has 1 aromatic carbocycles. The summed E-state index contributed by atoms with van der Waals surface area (Å²) in [5.74, 6) is 1.14. The van der Waals surface area contributed by atoms with E-state index in [2.05, 4.69) is 11.8 Å². The smallest absolute Gasteiger partial charge is 0.248 e. The van der Waals surface area contributed by atoms with Crippen LogP contribution in [0, 0.1) is 11.8 Å². The van der Waals surface area contributed by atoms with Crippen LogP contribution >= 0.6 is 0 Å². The van der Waals surface area contributed by atoms with Crippen LogP contribution in [-0.4, -0.2) is 49.6 Å². The van der Waals surface area contributed by atoms with Crippen LogP contribution in [0.4, 0.5) is 5.82 Å². The number of benzene rings is 1. The number of anilines is 1. The van der Waals surface area contributed by atoms with Crippen LogP contribution in [0.5, 0.6) is 0 Å². The summed E-state index contributed by atoms with van der Waals surface area (Å²) in [4.78, 5) is 19.1. The Morgan fingerprint density at radius 3 is 2.39 bits per heavy atom. The molecule has 0 bridgehead atoms. The van der Waals surface area contributed by atoms with Gasteiger partial charge in [-0.05, 0) is 49.8 Å². The van der Waals surface area contributed by atoms with Gasteiger partial charge >= 0.3 is 0 Å². The quantitative estimate of drug-likeness (QED) is 0.502. The minimum atomic E-state index is -3.63. The normalized spacial score (nSPS) is 19.0. The molecule has 2 aromatic rings. The lowest BCUT2D eigenvalue weighted by Gasteiger charge is -2.29. The Morgan fingerprint density at radius 2 is 1.88 bits per heavy atom.